The van der Waals surface area contributed by atoms with Crippen molar-refractivity contribution in [2.24, 2.45) is 5.92 Å². The second-order valence-corrected chi connectivity index (χ2v) is 3.13. The molecule has 13 heavy (non-hydrogen) atoms. The Labute approximate surface area is 81.0 Å². The highest BCUT2D eigenvalue weighted by atomic mass is 16.5. The van der Waals surface area contributed by atoms with Gasteiger partial charge in [-0.15, -0.1) is 0 Å². The smallest absolute Gasteiger partial charge is 0.330 e. The summed E-state index contributed by atoms with van der Waals surface area (Å²) in [5.41, 5.74) is 1.18. The predicted octanol–water partition coefficient (Wildman–Crippen LogP) is 2.93. The van der Waals surface area contributed by atoms with Gasteiger partial charge in [0, 0.05) is 6.08 Å². The number of allylic oxidation sites excluding steroid dienone is 1. The molecule has 0 aliphatic carbocycles. The van der Waals surface area contributed by atoms with E-state index in [-0.39, 0.29) is 5.97 Å². The van der Waals surface area contributed by atoms with Crippen LogP contribution in [0.15, 0.2) is 11.6 Å². The molecule has 0 heterocycles. The van der Waals surface area contributed by atoms with Crippen LogP contribution < -0.4 is 0 Å². The maximum Gasteiger partial charge on any atom is 0.330 e. The zero-order valence-corrected chi connectivity index (χ0v) is 9.09. The highest BCUT2D eigenvalue weighted by Gasteiger charge is 2.06. The first-order valence-corrected chi connectivity index (χ1v) is 5.02. The van der Waals surface area contributed by atoms with Gasteiger partial charge in [-0.05, 0) is 25.7 Å². The molecule has 0 rings (SSSR count). The summed E-state index contributed by atoms with van der Waals surface area (Å²) in [5.74, 6) is 0.272. The summed E-state index contributed by atoms with van der Waals surface area (Å²) in [6.45, 7) is 8.60. The van der Waals surface area contributed by atoms with Crippen molar-refractivity contribution in [3.8, 4) is 0 Å². The maximum atomic E-state index is 11.1. The van der Waals surface area contributed by atoms with E-state index in [2.05, 4.69) is 20.8 Å². The molecule has 0 N–H and O–H groups in total. The van der Waals surface area contributed by atoms with Gasteiger partial charge in [-0.2, -0.15) is 0 Å². The quantitative estimate of drug-likeness (QED) is 0.485. The second-order valence-electron chi connectivity index (χ2n) is 3.13. The van der Waals surface area contributed by atoms with E-state index in [0.717, 1.165) is 12.8 Å². The van der Waals surface area contributed by atoms with Gasteiger partial charge < -0.3 is 4.74 Å². The minimum Gasteiger partial charge on any atom is -0.463 e. The molecule has 0 aromatic rings. The summed E-state index contributed by atoms with van der Waals surface area (Å²) in [5, 5.41) is 0. The number of rotatable bonds is 5. The fraction of sp³-hybridized carbons (Fsp3) is 0.727. The van der Waals surface area contributed by atoms with Gasteiger partial charge in [-0.1, -0.05) is 26.3 Å². The van der Waals surface area contributed by atoms with E-state index < -0.39 is 0 Å². The van der Waals surface area contributed by atoms with E-state index in [9.17, 15) is 4.79 Å². The summed E-state index contributed by atoms with van der Waals surface area (Å²) in [4.78, 5) is 11.1. The van der Waals surface area contributed by atoms with Crippen LogP contribution in [-0.2, 0) is 9.53 Å². The van der Waals surface area contributed by atoms with Crippen LogP contribution in [0.1, 0.15) is 40.5 Å². The minimum absolute atomic E-state index is 0.209. The van der Waals surface area contributed by atoms with Gasteiger partial charge >= 0.3 is 5.97 Å². The summed E-state index contributed by atoms with van der Waals surface area (Å²) < 4.78 is 4.85. The van der Waals surface area contributed by atoms with E-state index in [4.69, 9.17) is 4.74 Å². The molecule has 2 nitrogen and oxygen atoms in total. The molecule has 0 aromatic carbocycles. The van der Waals surface area contributed by atoms with Gasteiger partial charge in [0.15, 0.2) is 0 Å². The average molecular weight is 184 g/mol. The first kappa shape index (κ1) is 12.2. The summed E-state index contributed by atoms with van der Waals surface area (Å²) in [6.07, 6.45) is 3.63. The van der Waals surface area contributed by atoms with E-state index in [1.807, 2.05) is 6.92 Å². The molecule has 0 fully saturated rings. The lowest BCUT2D eigenvalue weighted by Crippen LogP contribution is -2.04. The monoisotopic (exact) mass is 184 g/mol. The Kier molecular flexibility index (Phi) is 6.29. The third kappa shape index (κ3) is 4.71. The van der Waals surface area contributed by atoms with Crippen LogP contribution in [0.4, 0.5) is 0 Å². The standard InChI is InChI=1S/C11H20O2/c1-5-9(4)10(6-2)8-11(12)13-7-3/h8-9H,5-7H2,1-4H3/b10-8+. The molecule has 0 aliphatic rings. The fourth-order valence-electron chi connectivity index (χ4n) is 1.19. The molecule has 0 aliphatic heterocycles. The number of carbonyl (C=O) groups is 1. The third-order valence-electron chi connectivity index (χ3n) is 2.24. The molecule has 1 atom stereocenters. The largest absolute Gasteiger partial charge is 0.463 e. The van der Waals surface area contributed by atoms with Gasteiger partial charge in [0.1, 0.15) is 0 Å². The maximum absolute atomic E-state index is 11.1. The number of carbonyl (C=O) groups excluding carboxylic acids is 1. The first-order valence-electron chi connectivity index (χ1n) is 5.02. The Bertz CT molecular complexity index is 183. The van der Waals surface area contributed by atoms with Crippen LogP contribution >= 0.6 is 0 Å². The minimum atomic E-state index is -0.209. The van der Waals surface area contributed by atoms with Gasteiger partial charge in [-0.25, -0.2) is 4.79 Å². The highest BCUT2D eigenvalue weighted by molar-refractivity contribution is 5.82. The van der Waals surface area contributed by atoms with Gasteiger partial charge in [0.25, 0.3) is 0 Å². The van der Waals surface area contributed by atoms with Crippen LogP contribution in [-0.4, -0.2) is 12.6 Å². The SMILES string of the molecule is CCOC(=O)/C=C(\CC)C(C)CC. The Hall–Kier alpha value is -0.790. The molecule has 0 radical (unpaired) electrons. The lowest BCUT2D eigenvalue weighted by atomic mass is 9.96. The Balaban J connectivity index is 4.28. The summed E-state index contributed by atoms with van der Waals surface area (Å²) in [6, 6.07) is 0. The molecule has 1 unspecified atom stereocenters. The van der Waals surface area contributed by atoms with Crippen molar-refractivity contribution in [3.63, 3.8) is 0 Å². The average Bonchev–Trinajstić information content (AvgIpc) is 2.13. The van der Waals surface area contributed by atoms with Crippen LogP contribution in [0, 0.1) is 5.92 Å². The molecule has 0 aromatic heterocycles. The van der Waals surface area contributed by atoms with E-state index in [1.165, 1.54) is 5.57 Å². The Morgan fingerprint density at radius 3 is 2.38 bits per heavy atom. The highest BCUT2D eigenvalue weighted by Crippen LogP contribution is 2.17. The van der Waals surface area contributed by atoms with Gasteiger partial charge in [0.05, 0.1) is 6.61 Å². The number of ether oxygens (including phenoxy) is 1. The van der Waals surface area contributed by atoms with Crippen LogP contribution in [0.25, 0.3) is 0 Å². The van der Waals surface area contributed by atoms with E-state index in [1.54, 1.807) is 6.08 Å². The Morgan fingerprint density at radius 2 is 2.00 bits per heavy atom. The van der Waals surface area contributed by atoms with Crippen molar-refractivity contribution in [3.05, 3.63) is 11.6 Å². The fourth-order valence-corrected chi connectivity index (χ4v) is 1.19. The molecule has 0 bridgehead atoms. The van der Waals surface area contributed by atoms with Crippen molar-refractivity contribution in [2.75, 3.05) is 6.61 Å². The van der Waals surface area contributed by atoms with E-state index >= 15 is 0 Å². The number of hydrogen-bond acceptors (Lipinski definition) is 2. The van der Waals surface area contributed by atoms with Crippen LogP contribution in [0.2, 0.25) is 0 Å². The summed E-state index contributed by atoms with van der Waals surface area (Å²) in [7, 11) is 0. The predicted molar refractivity (Wildman–Crippen MR) is 54.5 cm³/mol. The number of hydrogen-bond donors (Lipinski definition) is 0. The van der Waals surface area contributed by atoms with Crippen molar-refractivity contribution >= 4 is 5.97 Å². The van der Waals surface area contributed by atoms with Crippen molar-refractivity contribution in [1.29, 1.82) is 0 Å². The van der Waals surface area contributed by atoms with Crippen molar-refractivity contribution in [1.82, 2.24) is 0 Å². The van der Waals surface area contributed by atoms with Crippen molar-refractivity contribution < 1.29 is 9.53 Å². The zero-order chi connectivity index (χ0) is 10.3. The second kappa shape index (κ2) is 6.70. The third-order valence-corrected chi connectivity index (χ3v) is 2.24. The normalized spacial score (nSPS) is 14.0. The van der Waals surface area contributed by atoms with Gasteiger partial charge in [-0.3, -0.25) is 0 Å². The molecule has 0 saturated heterocycles. The molecule has 2 heteroatoms. The zero-order valence-electron chi connectivity index (χ0n) is 9.09. The molecule has 76 valence electrons. The molecular formula is C11H20O2. The first-order chi connectivity index (χ1) is 6.15. The van der Waals surface area contributed by atoms with Crippen LogP contribution in [0.5, 0.6) is 0 Å². The van der Waals surface area contributed by atoms with Crippen molar-refractivity contribution in [2.45, 2.75) is 40.5 Å². The lowest BCUT2D eigenvalue weighted by molar-refractivity contribution is -0.137. The molecule has 0 spiro atoms. The van der Waals surface area contributed by atoms with E-state index in [0.29, 0.717) is 12.5 Å². The Morgan fingerprint density at radius 1 is 1.38 bits per heavy atom. The molecule has 0 amide bonds. The summed E-state index contributed by atoms with van der Waals surface area (Å²) >= 11 is 0. The van der Waals surface area contributed by atoms with Gasteiger partial charge in [0.2, 0.25) is 0 Å². The number of esters is 1. The topological polar surface area (TPSA) is 26.3 Å². The molecule has 0 saturated carbocycles. The lowest BCUT2D eigenvalue weighted by Gasteiger charge is -2.11. The molecular weight excluding hydrogens is 164 g/mol. The van der Waals surface area contributed by atoms with Crippen LogP contribution in [0.3, 0.4) is 0 Å².